The van der Waals surface area contributed by atoms with E-state index in [0.29, 0.717) is 5.75 Å². The Bertz CT molecular complexity index is 386. The predicted molar refractivity (Wildman–Crippen MR) is 66.1 cm³/mol. The molecule has 0 bridgehead atoms. The lowest BCUT2D eigenvalue weighted by Crippen LogP contribution is -2.37. The van der Waals surface area contributed by atoms with Crippen LogP contribution in [0.25, 0.3) is 0 Å². The Labute approximate surface area is 104 Å². The Morgan fingerprint density at radius 2 is 2.12 bits per heavy atom. The number of halogens is 1. The van der Waals surface area contributed by atoms with Gasteiger partial charge in [0.05, 0.1) is 0 Å². The van der Waals surface area contributed by atoms with E-state index in [4.69, 9.17) is 9.84 Å². The van der Waals surface area contributed by atoms with Gasteiger partial charge in [0, 0.05) is 4.83 Å². The van der Waals surface area contributed by atoms with Gasteiger partial charge in [-0.2, -0.15) is 0 Å². The van der Waals surface area contributed by atoms with E-state index in [9.17, 15) is 4.79 Å². The van der Waals surface area contributed by atoms with E-state index >= 15 is 0 Å². The van der Waals surface area contributed by atoms with Gasteiger partial charge in [0.2, 0.25) is 0 Å². The van der Waals surface area contributed by atoms with Crippen molar-refractivity contribution in [3.63, 3.8) is 0 Å². The van der Waals surface area contributed by atoms with Gasteiger partial charge in [-0.25, -0.2) is 4.79 Å². The molecule has 0 aliphatic carbocycles. The van der Waals surface area contributed by atoms with Gasteiger partial charge in [-0.15, -0.1) is 0 Å². The smallest absolute Gasteiger partial charge is 0.347 e. The standard InChI is InChI=1S/C12H15BrO3/c1-8(13)9-5-4-6-10(7-9)16-12(2,3)11(14)15/h4-8H,1-3H3,(H,14,15). The molecule has 0 fully saturated rings. The summed E-state index contributed by atoms with van der Waals surface area (Å²) in [7, 11) is 0. The van der Waals surface area contributed by atoms with Crippen molar-refractivity contribution in [2.24, 2.45) is 0 Å². The maximum atomic E-state index is 10.9. The molecule has 0 aromatic heterocycles. The first-order valence-electron chi connectivity index (χ1n) is 4.99. The highest BCUT2D eigenvalue weighted by molar-refractivity contribution is 9.09. The summed E-state index contributed by atoms with van der Waals surface area (Å²) in [5, 5.41) is 8.95. The van der Waals surface area contributed by atoms with Gasteiger partial charge in [-0.1, -0.05) is 28.1 Å². The third kappa shape index (κ3) is 3.23. The van der Waals surface area contributed by atoms with Crippen LogP contribution in [0, 0.1) is 0 Å². The van der Waals surface area contributed by atoms with Crippen LogP contribution in [0.4, 0.5) is 0 Å². The summed E-state index contributed by atoms with van der Waals surface area (Å²) < 4.78 is 5.43. The number of hydrogen-bond acceptors (Lipinski definition) is 2. The lowest BCUT2D eigenvalue weighted by atomic mass is 10.1. The number of carboxylic acids is 1. The van der Waals surface area contributed by atoms with E-state index in [1.165, 1.54) is 13.8 Å². The van der Waals surface area contributed by atoms with E-state index < -0.39 is 11.6 Å². The molecule has 1 aromatic carbocycles. The van der Waals surface area contributed by atoms with Crippen molar-refractivity contribution in [1.82, 2.24) is 0 Å². The van der Waals surface area contributed by atoms with E-state index in [2.05, 4.69) is 15.9 Å². The second-order valence-electron chi connectivity index (χ2n) is 4.11. The summed E-state index contributed by atoms with van der Waals surface area (Å²) in [6.07, 6.45) is 0. The molecule has 0 radical (unpaired) electrons. The molecule has 0 saturated heterocycles. The summed E-state index contributed by atoms with van der Waals surface area (Å²) >= 11 is 3.45. The number of alkyl halides is 1. The topological polar surface area (TPSA) is 46.5 Å². The molecule has 3 nitrogen and oxygen atoms in total. The highest BCUT2D eigenvalue weighted by atomic mass is 79.9. The van der Waals surface area contributed by atoms with Gasteiger partial charge in [0.1, 0.15) is 5.75 Å². The average molecular weight is 287 g/mol. The minimum Gasteiger partial charge on any atom is -0.478 e. The molecule has 88 valence electrons. The summed E-state index contributed by atoms with van der Waals surface area (Å²) in [5.41, 5.74) is -0.160. The number of ether oxygens (including phenoxy) is 1. The van der Waals surface area contributed by atoms with Crippen molar-refractivity contribution in [2.75, 3.05) is 0 Å². The number of carboxylic acid groups (broad SMARTS) is 1. The number of rotatable bonds is 4. The number of carbonyl (C=O) groups is 1. The molecular formula is C12H15BrO3. The molecule has 1 unspecified atom stereocenters. The van der Waals surface area contributed by atoms with Gasteiger partial charge < -0.3 is 9.84 Å². The maximum Gasteiger partial charge on any atom is 0.347 e. The first-order valence-corrected chi connectivity index (χ1v) is 5.91. The van der Waals surface area contributed by atoms with Crippen LogP contribution in [0.5, 0.6) is 5.75 Å². The summed E-state index contributed by atoms with van der Waals surface area (Å²) in [5.74, 6) is -0.416. The lowest BCUT2D eigenvalue weighted by Gasteiger charge is -2.22. The molecule has 0 saturated carbocycles. The molecule has 1 atom stereocenters. The Morgan fingerprint density at radius 3 is 2.62 bits per heavy atom. The Morgan fingerprint density at radius 1 is 1.50 bits per heavy atom. The molecule has 4 heteroatoms. The van der Waals surface area contributed by atoms with Gasteiger partial charge in [-0.3, -0.25) is 0 Å². The van der Waals surface area contributed by atoms with E-state index in [-0.39, 0.29) is 4.83 Å². The molecule has 0 heterocycles. The second kappa shape index (κ2) is 4.87. The van der Waals surface area contributed by atoms with Gasteiger partial charge in [0.15, 0.2) is 5.60 Å². The maximum absolute atomic E-state index is 10.9. The van der Waals surface area contributed by atoms with Crippen LogP contribution in [0.15, 0.2) is 24.3 Å². The highest BCUT2D eigenvalue weighted by Crippen LogP contribution is 2.26. The summed E-state index contributed by atoms with van der Waals surface area (Å²) in [6, 6.07) is 7.40. The average Bonchev–Trinajstić information content (AvgIpc) is 2.17. The first kappa shape index (κ1) is 13.0. The van der Waals surface area contributed by atoms with Crippen LogP contribution >= 0.6 is 15.9 Å². The van der Waals surface area contributed by atoms with Crippen LogP contribution < -0.4 is 4.74 Å². The van der Waals surface area contributed by atoms with Crippen molar-refractivity contribution < 1.29 is 14.6 Å². The SMILES string of the molecule is CC(Br)c1cccc(OC(C)(C)C(=O)O)c1. The molecular weight excluding hydrogens is 272 g/mol. The van der Waals surface area contributed by atoms with Crippen LogP contribution in [0.3, 0.4) is 0 Å². The molecule has 1 rings (SSSR count). The van der Waals surface area contributed by atoms with E-state index in [1.54, 1.807) is 6.07 Å². The van der Waals surface area contributed by atoms with Crippen LogP contribution in [0.1, 0.15) is 31.2 Å². The highest BCUT2D eigenvalue weighted by Gasteiger charge is 2.29. The minimum atomic E-state index is -1.21. The fraction of sp³-hybridized carbons (Fsp3) is 0.417. The molecule has 0 amide bonds. The summed E-state index contributed by atoms with van der Waals surface area (Å²) in [6.45, 7) is 5.06. The van der Waals surface area contributed by atoms with Crippen LogP contribution in [0.2, 0.25) is 0 Å². The largest absolute Gasteiger partial charge is 0.478 e. The zero-order valence-electron chi connectivity index (χ0n) is 9.53. The van der Waals surface area contributed by atoms with E-state index in [1.807, 2.05) is 25.1 Å². The third-order valence-corrected chi connectivity index (χ3v) is 2.73. The van der Waals surface area contributed by atoms with Crippen molar-refractivity contribution >= 4 is 21.9 Å². The van der Waals surface area contributed by atoms with Gasteiger partial charge in [-0.05, 0) is 38.5 Å². The minimum absolute atomic E-state index is 0.212. The first-order chi connectivity index (χ1) is 7.33. The number of hydrogen-bond donors (Lipinski definition) is 1. The number of benzene rings is 1. The van der Waals surface area contributed by atoms with Crippen molar-refractivity contribution in [2.45, 2.75) is 31.2 Å². The van der Waals surface area contributed by atoms with Gasteiger partial charge in [0.25, 0.3) is 0 Å². The zero-order valence-corrected chi connectivity index (χ0v) is 11.1. The van der Waals surface area contributed by atoms with Crippen molar-refractivity contribution in [3.05, 3.63) is 29.8 Å². The Kier molecular flexibility index (Phi) is 3.97. The van der Waals surface area contributed by atoms with Crippen molar-refractivity contribution in [1.29, 1.82) is 0 Å². The van der Waals surface area contributed by atoms with Crippen molar-refractivity contribution in [3.8, 4) is 5.75 Å². The Hall–Kier alpha value is -1.03. The fourth-order valence-electron chi connectivity index (χ4n) is 1.16. The predicted octanol–water partition coefficient (Wildman–Crippen LogP) is 3.38. The Balaban J connectivity index is 2.90. The zero-order chi connectivity index (χ0) is 12.3. The monoisotopic (exact) mass is 286 g/mol. The molecule has 0 spiro atoms. The van der Waals surface area contributed by atoms with Crippen LogP contribution in [-0.4, -0.2) is 16.7 Å². The van der Waals surface area contributed by atoms with Gasteiger partial charge >= 0.3 is 5.97 Å². The lowest BCUT2D eigenvalue weighted by molar-refractivity contribution is -0.152. The normalized spacial score (nSPS) is 13.2. The quantitative estimate of drug-likeness (QED) is 0.863. The van der Waals surface area contributed by atoms with E-state index in [0.717, 1.165) is 5.56 Å². The molecule has 16 heavy (non-hydrogen) atoms. The molecule has 1 aromatic rings. The molecule has 0 aliphatic rings. The summed E-state index contributed by atoms with van der Waals surface area (Å²) in [4.78, 5) is 11.1. The molecule has 0 aliphatic heterocycles. The second-order valence-corrected chi connectivity index (χ2v) is 5.48. The number of aliphatic carboxylic acids is 1. The fourth-order valence-corrected chi connectivity index (χ4v) is 1.45. The van der Waals surface area contributed by atoms with Crippen LogP contribution in [-0.2, 0) is 4.79 Å². The third-order valence-electron chi connectivity index (χ3n) is 2.21. The molecule has 1 N–H and O–H groups in total.